The minimum atomic E-state index is -0.375. The molecule has 0 radical (unpaired) electrons. The van der Waals surface area contributed by atoms with E-state index in [1.54, 1.807) is 19.4 Å². The minimum absolute atomic E-state index is 0.0406. The van der Waals surface area contributed by atoms with Crippen molar-refractivity contribution in [2.24, 2.45) is 5.92 Å². The molecule has 0 saturated heterocycles. The topological polar surface area (TPSA) is 94.8 Å². The molecule has 0 aromatic carbocycles. The highest BCUT2D eigenvalue weighted by Gasteiger charge is 2.35. The molecule has 0 unspecified atom stereocenters. The van der Waals surface area contributed by atoms with Crippen LogP contribution in [0.25, 0.3) is 0 Å². The van der Waals surface area contributed by atoms with Crippen molar-refractivity contribution in [3.8, 4) is 5.88 Å². The van der Waals surface area contributed by atoms with E-state index in [2.05, 4.69) is 10.3 Å². The zero-order valence-electron chi connectivity index (χ0n) is 11.6. The molecule has 4 N–H and O–H groups in total. The summed E-state index contributed by atoms with van der Waals surface area (Å²) in [5, 5.41) is 31.2. The number of aliphatic hydroxyl groups is 3. The number of hydrogen-bond donors (Lipinski definition) is 4. The first kappa shape index (κ1) is 15.2. The number of nitrogens with one attached hydrogen (secondary N) is 1. The van der Waals surface area contributed by atoms with Gasteiger partial charge in [-0.3, -0.25) is 0 Å². The average Bonchev–Trinajstić information content (AvgIpc) is 2.46. The standard InChI is InChI=1S/C14H22N2O4/c1-20-13-3-2-9(6-15-13)14(10-4-12(19)5-10)16-11(7-17)8-18/h2-3,6,10-12,14,16-19H,4-5,7-8H2,1H3/t10?,12?,14-/m1/s1. The molecule has 1 heterocycles. The van der Waals surface area contributed by atoms with Crippen molar-refractivity contribution in [1.29, 1.82) is 0 Å². The molecular formula is C14H22N2O4. The Morgan fingerprint density at radius 3 is 2.50 bits per heavy atom. The Hall–Kier alpha value is -1.21. The number of nitrogens with zero attached hydrogens (tertiary/aromatic N) is 1. The minimum Gasteiger partial charge on any atom is -0.481 e. The predicted molar refractivity (Wildman–Crippen MR) is 73.4 cm³/mol. The number of aliphatic hydroxyl groups excluding tert-OH is 3. The maximum Gasteiger partial charge on any atom is 0.212 e. The summed E-state index contributed by atoms with van der Waals surface area (Å²) in [7, 11) is 1.56. The Balaban J connectivity index is 2.12. The first-order valence-electron chi connectivity index (χ1n) is 6.83. The number of hydrogen-bond acceptors (Lipinski definition) is 6. The van der Waals surface area contributed by atoms with Crippen molar-refractivity contribution in [2.45, 2.75) is 31.0 Å². The van der Waals surface area contributed by atoms with Gasteiger partial charge in [-0.1, -0.05) is 6.07 Å². The predicted octanol–water partition coefficient (Wildman–Crippen LogP) is -0.155. The van der Waals surface area contributed by atoms with Crippen LogP contribution in [0.1, 0.15) is 24.4 Å². The van der Waals surface area contributed by atoms with Crippen LogP contribution in [0.4, 0.5) is 0 Å². The summed E-state index contributed by atoms with van der Waals surface area (Å²) >= 11 is 0. The lowest BCUT2D eigenvalue weighted by atomic mass is 9.75. The molecule has 0 bridgehead atoms. The van der Waals surface area contributed by atoms with Gasteiger partial charge in [-0.2, -0.15) is 0 Å². The summed E-state index contributed by atoms with van der Waals surface area (Å²) in [5.74, 6) is 0.822. The first-order valence-corrected chi connectivity index (χ1v) is 6.83. The fourth-order valence-electron chi connectivity index (χ4n) is 2.52. The number of methoxy groups -OCH3 is 1. The first-order chi connectivity index (χ1) is 9.67. The van der Waals surface area contributed by atoms with Crippen molar-refractivity contribution in [3.05, 3.63) is 23.9 Å². The Kier molecular flexibility index (Phi) is 5.31. The van der Waals surface area contributed by atoms with E-state index in [-0.39, 0.29) is 37.3 Å². The van der Waals surface area contributed by atoms with E-state index >= 15 is 0 Å². The van der Waals surface area contributed by atoms with Crippen molar-refractivity contribution in [3.63, 3.8) is 0 Å². The normalized spacial score (nSPS) is 23.4. The number of aromatic nitrogens is 1. The van der Waals surface area contributed by atoms with Crippen LogP contribution in [0.2, 0.25) is 0 Å². The van der Waals surface area contributed by atoms with Crippen molar-refractivity contribution >= 4 is 0 Å². The maximum absolute atomic E-state index is 9.48. The van der Waals surface area contributed by atoms with Gasteiger partial charge in [0.2, 0.25) is 5.88 Å². The van der Waals surface area contributed by atoms with E-state index in [1.165, 1.54) is 0 Å². The molecule has 0 amide bonds. The van der Waals surface area contributed by atoms with E-state index in [9.17, 15) is 15.3 Å². The average molecular weight is 282 g/mol. The van der Waals surface area contributed by atoms with Gasteiger partial charge in [0.15, 0.2) is 0 Å². The highest BCUT2D eigenvalue weighted by atomic mass is 16.5. The third-order valence-electron chi connectivity index (χ3n) is 3.80. The monoisotopic (exact) mass is 282 g/mol. The lowest BCUT2D eigenvalue weighted by Crippen LogP contribution is -2.45. The van der Waals surface area contributed by atoms with E-state index in [0.29, 0.717) is 18.7 Å². The summed E-state index contributed by atoms with van der Waals surface area (Å²) in [4.78, 5) is 4.19. The van der Waals surface area contributed by atoms with Gasteiger partial charge >= 0.3 is 0 Å². The summed E-state index contributed by atoms with van der Waals surface area (Å²) < 4.78 is 5.04. The van der Waals surface area contributed by atoms with Crippen LogP contribution >= 0.6 is 0 Å². The van der Waals surface area contributed by atoms with E-state index in [1.807, 2.05) is 6.07 Å². The van der Waals surface area contributed by atoms with E-state index in [4.69, 9.17) is 4.74 Å². The molecule has 1 atom stereocenters. The highest BCUT2D eigenvalue weighted by Crippen LogP contribution is 2.38. The number of rotatable bonds is 7. The van der Waals surface area contributed by atoms with Crippen molar-refractivity contribution < 1.29 is 20.1 Å². The van der Waals surface area contributed by atoms with Gasteiger partial charge in [-0.15, -0.1) is 0 Å². The zero-order valence-corrected chi connectivity index (χ0v) is 11.6. The van der Waals surface area contributed by atoms with Gasteiger partial charge in [0.05, 0.1) is 32.5 Å². The Bertz CT molecular complexity index is 402. The van der Waals surface area contributed by atoms with Gasteiger partial charge in [0, 0.05) is 18.3 Å². The Morgan fingerprint density at radius 1 is 1.35 bits per heavy atom. The number of pyridine rings is 1. The van der Waals surface area contributed by atoms with Crippen LogP contribution in [-0.4, -0.2) is 52.8 Å². The molecule has 112 valence electrons. The Morgan fingerprint density at radius 2 is 2.05 bits per heavy atom. The van der Waals surface area contributed by atoms with Gasteiger partial charge in [-0.05, 0) is 24.3 Å². The summed E-state index contributed by atoms with van der Waals surface area (Å²) in [6.45, 7) is -0.266. The second-order valence-electron chi connectivity index (χ2n) is 5.23. The van der Waals surface area contributed by atoms with Crippen LogP contribution in [0, 0.1) is 5.92 Å². The van der Waals surface area contributed by atoms with Gasteiger partial charge < -0.3 is 25.4 Å². The van der Waals surface area contributed by atoms with Crippen molar-refractivity contribution in [2.75, 3.05) is 20.3 Å². The molecule has 1 aliphatic carbocycles. The molecule has 0 spiro atoms. The SMILES string of the molecule is COc1ccc([C@@H](NC(CO)CO)C2CC(O)C2)cn1. The molecule has 2 rings (SSSR count). The molecule has 1 fully saturated rings. The molecule has 1 aromatic heterocycles. The highest BCUT2D eigenvalue weighted by molar-refractivity contribution is 5.22. The van der Waals surface area contributed by atoms with Gasteiger partial charge in [0.1, 0.15) is 0 Å². The zero-order chi connectivity index (χ0) is 14.5. The molecule has 1 aromatic rings. The second-order valence-corrected chi connectivity index (χ2v) is 5.23. The molecule has 20 heavy (non-hydrogen) atoms. The molecule has 1 aliphatic rings. The van der Waals surface area contributed by atoms with Crippen LogP contribution in [0.15, 0.2) is 18.3 Å². The summed E-state index contributed by atoms with van der Waals surface area (Å²) in [5.41, 5.74) is 0.967. The third-order valence-corrected chi connectivity index (χ3v) is 3.80. The van der Waals surface area contributed by atoms with Crippen molar-refractivity contribution in [1.82, 2.24) is 10.3 Å². The van der Waals surface area contributed by atoms with Crippen LogP contribution in [0.3, 0.4) is 0 Å². The van der Waals surface area contributed by atoms with E-state index < -0.39 is 0 Å². The quantitative estimate of drug-likeness (QED) is 0.555. The van der Waals surface area contributed by atoms with Crippen LogP contribution in [-0.2, 0) is 0 Å². The molecular weight excluding hydrogens is 260 g/mol. The fraction of sp³-hybridized carbons (Fsp3) is 0.643. The Labute approximate surface area is 118 Å². The lowest BCUT2D eigenvalue weighted by molar-refractivity contribution is 0.0177. The maximum atomic E-state index is 9.48. The smallest absolute Gasteiger partial charge is 0.212 e. The third kappa shape index (κ3) is 3.46. The second kappa shape index (κ2) is 6.99. The summed E-state index contributed by atoms with van der Waals surface area (Å²) in [6.07, 6.45) is 2.91. The summed E-state index contributed by atoms with van der Waals surface area (Å²) in [6, 6.07) is 3.28. The molecule has 6 heteroatoms. The largest absolute Gasteiger partial charge is 0.481 e. The van der Waals surface area contributed by atoms with Crippen LogP contribution < -0.4 is 10.1 Å². The molecule has 1 saturated carbocycles. The van der Waals surface area contributed by atoms with Crippen LogP contribution in [0.5, 0.6) is 5.88 Å². The molecule has 6 nitrogen and oxygen atoms in total. The van der Waals surface area contributed by atoms with Gasteiger partial charge in [-0.25, -0.2) is 4.98 Å². The lowest BCUT2D eigenvalue weighted by Gasteiger charge is -2.39. The fourth-order valence-corrected chi connectivity index (χ4v) is 2.52. The van der Waals surface area contributed by atoms with E-state index in [0.717, 1.165) is 5.56 Å². The molecule has 0 aliphatic heterocycles. The number of ether oxygens (including phenoxy) is 1. The van der Waals surface area contributed by atoms with Gasteiger partial charge in [0.25, 0.3) is 0 Å².